The zero-order chi connectivity index (χ0) is 13.4. The molecule has 0 bridgehead atoms. The van der Waals surface area contributed by atoms with Crippen molar-refractivity contribution in [1.82, 2.24) is 20.2 Å². The Morgan fingerprint density at radius 1 is 1.32 bits per heavy atom. The summed E-state index contributed by atoms with van der Waals surface area (Å²) in [5.41, 5.74) is 7.07. The van der Waals surface area contributed by atoms with Gasteiger partial charge in [0, 0.05) is 5.02 Å². The SMILES string of the molecule is Cc1cc(Cl)ccc1Oc1nc(N)nc2[nH]ncc12. The highest BCUT2D eigenvalue weighted by molar-refractivity contribution is 6.30. The van der Waals surface area contributed by atoms with Gasteiger partial charge in [0.25, 0.3) is 0 Å². The lowest BCUT2D eigenvalue weighted by molar-refractivity contribution is 0.465. The molecular formula is C12H10ClN5O. The molecule has 2 aromatic heterocycles. The van der Waals surface area contributed by atoms with Crippen LogP contribution < -0.4 is 10.5 Å². The zero-order valence-electron chi connectivity index (χ0n) is 10.0. The first-order valence-electron chi connectivity index (χ1n) is 5.54. The minimum absolute atomic E-state index is 0.123. The number of aromatic amines is 1. The van der Waals surface area contributed by atoms with Crippen LogP contribution in [0.1, 0.15) is 5.56 Å². The van der Waals surface area contributed by atoms with Gasteiger partial charge in [0.15, 0.2) is 5.65 Å². The maximum atomic E-state index is 5.91. The highest BCUT2D eigenvalue weighted by atomic mass is 35.5. The number of ether oxygens (including phenoxy) is 1. The first-order valence-corrected chi connectivity index (χ1v) is 5.92. The average molecular weight is 276 g/mol. The molecule has 0 aliphatic carbocycles. The molecule has 3 N–H and O–H groups in total. The van der Waals surface area contributed by atoms with Gasteiger partial charge in [-0.05, 0) is 30.7 Å². The number of nitrogens with two attached hydrogens (primary N) is 1. The minimum atomic E-state index is 0.123. The summed E-state index contributed by atoms with van der Waals surface area (Å²) >= 11 is 5.91. The van der Waals surface area contributed by atoms with Gasteiger partial charge >= 0.3 is 0 Å². The van der Waals surface area contributed by atoms with Crippen LogP contribution in [0.2, 0.25) is 5.02 Å². The molecule has 0 atom stereocenters. The maximum absolute atomic E-state index is 5.91. The highest BCUT2D eigenvalue weighted by Gasteiger charge is 2.11. The van der Waals surface area contributed by atoms with E-state index in [1.165, 1.54) is 0 Å². The highest BCUT2D eigenvalue weighted by Crippen LogP contribution is 2.30. The Bertz CT molecular complexity index is 755. The molecule has 0 fully saturated rings. The van der Waals surface area contributed by atoms with Gasteiger partial charge in [-0.2, -0.15) is 15.1 Å². The summed E-state index contributed by atoms with van der Waals surface area (Å²) in [6.07, 6.45) is 1.59. The normalized spacial score (nSPS) is 10.8. The fraction of sp³-hybridized carbons (Fsp3) is 0.0833. The number of rotatable bonds is 2. The number of halogens is 1. The number of hydrogen-bond acceptors (Lipinski definition) is 5. The van der Waals surface area contributed by atoms with E-state index in [1.807, 2.05) is 13.0 Å². The number of nitrogens with zero attached hydrogens (tertiary/aromatic N) is 3. The Morgan fingerprint density at radius 3 is 2.95 bits per heavy atom. The number of H-pyrrole nitrogens is 1. The van der Waals surface area contributed by atoms with Gasteiger partial charge in [-0.1, -0.05) is 11.6 Å². The number of hydrogen-bond donors (Lipinski definition) is 2. The molecule has 0 amide bonds. The first kappa shape index (κ1) is 11.7. The van der Waals surface area contributed by atoms with E-state index in [0.29, 0.717) is 27.7 Å². The zero-order valence-corrected chi connectivity index (χ0v) is 10.8. The first-order chi connectivity index (χ1) is 9.13. The van der Waals surface area contributed by atoms with E-state index >= 15 is 0 Å². The van der Waals surface area contributed by atoms with Crippen molar-refractivity contribution in [3.05, 3.63) is 35.0 Å². The molecule has 96 valence electrons. The Labute approximate surface area is 113 Å². The number of aryl methyl sites for hydroxylation is 1. The molecular weight excluding hydrogens is 266 g/mol. The van der Waals surface area contributed by atoms with Crippen molar-refractivity contribution < 1.29 is 4.74 Å². The van der Waals surface area contributed by atoms with Crippen LogP contribution >= 0.6 is 11.6 Å². The summed E-state index contributed by atoms with van der Waals surface area (Å²) in [6, 6.07) is 5.34. The number of nitrogen functional groups attached to an aromatic ring is 1. The van der Waals surface area contributed by atoms with Crippen LogP contribution in [0.4, 0.5) is 5.95 Å². The van der Waals surface area contributed by atoms with E-state index in [9.17, 15) is 0 Å². The van der Waals surface area contributed by atoms with Crippen LogP contribution in [0.15, 0.2) is 24.4 Å². The van der Waals surface area contributed by atoms with Gasteiger partial charge in [0.05, 0.1) is 6.20 Å². The predicted molar refractivity (Wildman–Crippen MR) is 72.4 cm³/mol. The van der Waals surface area contributed by atoms with Crippen LogP contribution in [0.3, 0.4) is 0 Å². The molecule has 3 aromatic rings. The third-order valence-electron chi connectivity index (χ3n) is 2.64. The van der Waals surface area contributed by atoms with Gasteiger partial charge in [-0.3, -0.25) is 5.10 Å². The Balaban J connectivity index is 2.07. The topological polar surface area (TPSA) is 89.7 Å². The molecule has 0 aliphatic rings. The monoisotopic (exact) mass is 275 g/mol. The summed E-state index contributed by atoms with van der Waals surface area (Å²) in [5.74, 6) is 1.14. The summed E-state index contributed by atoms with van der Waals surface area (Å²) in [6.45, 7) is 1.90. The van der Waals surface area contributed by atoms with Crippen molar-refractivity contribution in [2.24, 2.45) is 0 Å². The maximum Gasteiger partial charge on any atom is 0.235 e. The number of aromatic nitrogens is 4. The fourth-order valence-corrected chi connectivity index (χ4v) is 1.96. The van der Waals surface area contributed by atoms with Crippen LogP contribution in [0.25, 0.3) is 11.0 Å². The second-order valence-corrected chi connectivity index (χ2v) is 4.47. The van der Waals surface area contributed by atoms with Gasteiger partial charge in [-0.25, -0.2) is 0 Å². The summed E-state index contributed by atoms with van der Waals surface area (Å²) in [7, 11) is 0. The molecule has 0 radical (unpaired) electrons. The van der Waals surface area contributed by atoms with Crippen molar-refractivity contribution in [1.29, 1.82) is 0 Å². The Hall–Kier alpha value is -2.34. The van der Waals surface area contributed by atoms with Gasteiger partial charge in [-0.15, -0.1) is 0 Å². The van der Waals surface area contributed by atoms with Gasteiger partial charge < -0.3 is 10.5 Å². The van der Waals surface area contributed by atoms with Crippen molar-refractivity contribution in [2.45, 2.75) is 6.92 Å². The summed E-state index contributed by atoms with van der Waals surface area (Å²) in [5, 5.41) is 7.95. The molecule has 1 aromatic carbocycles. The molecule has 19 heavy (non-hydrogen) atoms. The molecule has 7 heteroatoms. The number of fused-ring (bicyclic) bond motifs is 1. The number of benzene rings is 1. The number of anilines is 1. The van der Waals surface area contributed by atoms with Crippen molar-refractivity contribution in [2.75, 3.05) is 5.73 Å². The lowest BCUT2D eigenvalue weighted by Gasteiger charge is -2.08. The Morgan fingerprint density at radius 2 is 2.16 bits per heavy atom. The van der Waals surface area contributed by atoms with E-state index in [0.717, 1.165) is 5.56 Å². The molecule has 0 spiro atoms. The van der Waals surface area contributed by atoms with Crippen LogP contribution in [0.5, 0.6) is 11.6 Å². The lowest BCUT2D eigenvalue weighted by Crippen LogP contribution is -1.98. The molecule has 0 unspecified atom stereocenters. The van der Waals surface area contributed by atoms with E-state index in [1.54, 1.807) is 18.3 Å². The van der Waals surface area contributed by atoms with Crippen molar-refractivity contribution >= 4 is 28.6 Å². The third kappa shape index (κ3) is 2.17. The second kappa shape index (κ2) is 4.40. The molecule has 3 rings (SSSR count). The molecule has 0 saturated carbocycles. The minimum Gasteiger partial charge on any atom is -0.438 e. The third-order valence-corrected chi connectivity index (χ3v) is 2.87. The molecule has 0 aliphatic heterocycles. The predicted octanol–water partition coefficient (Wildman–Crippen LogP) is 2.69. The molecule has 0 saturated heterocycles. The van der Waals surface area contributed by atoms with Crippen LogP contribution in [-0.2, 0) is 0 Å². The summed E-state index contributed by atoms with van der Waals surface area (Å²) in [4.78, 5) is 8.11. The van der Waals surface area contributed by atoms with Crippen molar-refractivity contribution in [3.63, 3.8) is 0 Å². The smallest absolute Gasteiger partial charge is 0.235 e. The van der Waals surface area contributed by atoms with E-state index in [2.05, 4.69) is 20.2 Å². The summed E-state index contributed by atoms with van der Waals surface area (Å²) < 4.78 is 5.77. The van der Waals surface area contributed by atoms with Gasteiger partial charge in [0.2, 0.25) is 11.8 Å². The van der Waals surface area contributed by atoms with Crippen LogP contribution in [0, 0.1) is 6.92 Å². The second-order valence-electron chi connectivity index (χ2n) is 4.03. The lowest BCUT2D eigenvalue weighted by atomic mass is 10.2. The van der Waals surface area contributed by atoms with E-state index < -0.39 is 0 Å². The standard InChI is InChI=1S/C12H10ClN5O/c1-6-4-7(13)2-3-9(6)19-11-8-5-15-18-10(8)16-12(14)17-11/h2-5H,1H3,(H3,14,15,16,17,18). The molecule has 6 nitrogen and oxygen atoms in total. The van der Waals surface area contributed by atoms with E-state index in [-0.39, 0.29) is 5.95 Å². The average Bonchev–Trinajstić information content (AvgIpc) is 2.80. The van der Waals surface area contributed by atoms with Gasteiger partial charge in [0.1, 0.15) is 11.1 Å². The largest absolute Gasteiger partial charge is 0.438 e. The number of nitrogens with one attached hydrogen (secondary N) is 1. The fourth-order valence-electron chi connectivity index (χ4n) is 1.73. The quantitative estimate of drug-likeness (QED) is 0.750. The van der Waals surface area contributed by atoms with Crippen LogP contribution in [-0.4, -0.2) is 20.2 Å². The Kier molecular flexibility index (Phi) is 2.72. The van der Waals surface area contributed by atoms with Crippen molar-refractivity contribution in [3.8, 4) is 11.6 Å². The molecule has 2 heterocycles. The van der Waals surface area contributed by atoms with E-state index in [4.69, 9.17) is 22.1 Å².